The van der Waals surface area contributed by atoms with Gasteiger partial charge in [-0.25, -0.2) is 0 Å². The summed E-state index contributed by atoms with van der Waals surface area (Å²) in [5, 5.41) is 2.10. The SMILES string of the molecule is CCCn1c(C(=O)N2CCCC2)cc2scc(Br)c21. The minimum atomic E-state index is 0.196. The van der Waals surface area contributed by atoms with Crippen LogP contribution in [-0.2, 0) is 6.54 Å². The molecule has 1 saturated heterocycles. The molecule has 0 spiro atoms. The van der Waals surface area contributed by atoms with Crippen molar-refractivity contribution in [1.29, 1.82) is 0 Å². The van der Waals surface area contributed by atoms with Gasteiger partial charge in [-0.2, -0.15) is 0 Å². The van der Waals surface area contributed by atoms with Gasteiger partial charge in [0.25, 0.3) is 5.91 Å². The van der Waals surface area contributed by atoms with Gasteiger partial charge in [-0.05, 0) is 41.3 Å². The fraction of sp³-hybridized carbons (Fsp3) is 0.500. The number of likely N-dealkylation sites (tertiary alicyclic amines) is 1. The van der Waals surface area contributed by atoms with Crippen molar-refractivity contribution in [3.63, 3.8) is 0 Å². The summed E-state index contributed by atoms with van der Waals surface area (Å²) in [6.07, 6.45) is 3.31. The molecule has 1 aliphatic heterocycles. The normalized spacial score (nSPS) is 15.6. The van der Waals surface area contributed by atoms with E-state index in [1.54, 1.807) is 11.3 Å². The summed E-state index contributed by atoms with van der Waals surface area (Å²) in [5.74, 6) is 0.196. The highest BCUT2D eigenvalue weighted by atomic mass is 79.9. The van der Waals surface area contributed by atoms with Crippen LogP contribution in [0, 0.1) is 0 Å². The van der Waals surface area contributed by atoms with E-state index in [0.29, 0.717) is 0 Å². The van der Waals surface area contributed by atoms with E-state index in [9.17, 15) is 4.79 Å². The van der Waals surface area contributed by atoms with Crippen molar-refractivity contribution < 1.29 is 4.79 Å². The molecular weight excluding hydrogens is 324 g/mol. The van der Waals surface area contributed by atoms with E-state index in [1.807, 2.05) is 4.90 Å². The van der Waals surface area contributed by atoms with Crippen LogP contribution in [0.2, 0.25) is 0 Å². The molecule has 1 fully saturated rings. The lowest BCUT2D eigenvalue weighted by atomic mass is 10.3. The fourth-order valence-corrected chi connectivity index (χ4v) is 4.44. The van der Waals surface area contributed by atoms with Gasteiger partial charge in [-0.3, -0.25) is 4.79 Å². The molecule has 0 saturated carbocycles. The number of rotatable bonds is 3. The van der Waals surface area contributed by atoms with E-state index in [-0.39, 0.29) is 5.91 Å². The van der Waals surface area contributed by atoms with Crippen LogP contribution in [0.1, 0.15) is 36.7 Å². The molecule has 3 nitrogen and oxygen atoms in total. The number of amides is 1. The van der Waals surface area contributed by atoms with Gasteiger partial charge in [-0.1, -0.05) is 6.92 Å². The Kier molecular flexibility index (Phi) is 3.67. The number of carbonyl (C=O) groups is 1. The standard InChI is InChI=1S/C14H17BrN2OS/c1-2-5-17-11(14(18)16-6-3-4-7-16)8-12-13(17)10(15)9-19-12/h8-9H,2-7H2,1H3. The molecule has 3 rings (SSSR count). The summed E-state index contributed by atoms with van der Waals surface area (Å²) in [4.78, 5) is 14.6. The van der Waals surface area contributed by atoms with Gasteiger partial charge in [0, 0.05) is 25.0 Å². The highest BCUT2D eigenvalue weighted by Gasteiger charge is 2.24. The van der Waals surface area contributed by atoms with Gasteiger partial charge >= 0.3 is 0 Å². The maximum atomic E-state index is 12.6. The molecule has 1 aliphatic rings. The van der Waals surface area contributed by atoms with Crippen molar-refractivity contribution in [3.05, 3.63) is 21.6 Å². The van der Waals surface area contributed by atoms with Gasteiger partial charge < -0.3 is 9.47 Å². The minimum Gasteiger partial charge on any atom is -0.337 e. The second-order valence-electron chi connectivity index (χ2n) is 4.98. The van der Waals surface area contributed by atoms with E-state index < -0.39 is 0 Å². The molecule has 0 aliphatic carbocycles. The van der Waals surface area contributed by atoms with Gasteiger partial charge in [0.1, 0.15) is 5.69 Å². The third kappa shape index (κ3) is 2.23. The first kappa shape index (κ1) is 13.2. The summed E-state index contributed by atoms with van der Waals surface area (Å²) >= 11 is 5.29. The molecule has 19 heavy (non-hydrogen) atoms. The highest BCUT2D eigenvalue weighted by Crippen LogP contribution is 2.34. The largest absolute Gasteiger partial charge is 0.337 e. The molecule has 3 heterocycles. The molecule has 0 atom stereocenters. The molecule has 1 amide bonds. The second kappa shape index (κ2) is 5.29. The molecule has 2 aromatic heterocycles. The molecule has 0 aromatic carbocycles. The topological polar surface area (TPSA) is 25.2 Å². The predicted molar refractivity (Wildman–Crippen MR) is 82.9 cm³/mol. The predicted octanol–water partition coefficient (Wildman–Crippen LogP) is 4.11. The zero-order chi connectivity index (χ0) is 13.4. The van der Waals surface area contributed by atoms with Crippen molar-refractivity contribution >= 4 is 43.4 Å². The first-order valence-electron chi connectivity index (χ1n) is 6.78. The lowest BCUT2D eigenvalue weighted by molar-refractivity contribution is 0.0782. The molecule has 0 unspecified atom stereocenters. The Morgan fingerprint density at radius 3 is 2.84 bits per heavy atom. The van der Waals surface area contributed by atoms with Crippen molar-refractivity contribution in [3.8, 4) is 0 Å². The Morgan fingerprint density at radius 2 is 2.16 bits per heavy atom. The van der Waals surface area contributed by atoms with Crippen LogP contribution in [0.3, 0.4) is 0 Å². The number of halogens is 1. The Balaban J connectivity index is 2.06. The minimum absolute atomic E-state index is 0.196. The van der Waals surface area contributed by atoms with Crippen LogP contribution in [0.15, 0.2) is 15.9 Å². The lowest BCUT2D eigenvalue weighted by Crippen LogP contribution is -2.29. The number of hydrogen-bond donors (Lipinski definition) is 0. The van der Waals surface area contributed by atoms with Crippen LogP contribution in [-0.4, -0.2) is 28.5 Å². The monoisotopic (exact) mass is 340 g/mol. The molecule has 0 N–H and O–H groups in total. The van der Waals surface area contributed by atoms with Gasteiger partial charge in [0.2, 0.25) is 0 Å². The van der Waals surface area contributed by atoms with E-state index in [0.717, 1.165) is 49.1 Å². The number of carbonyl (C=O) groups excluding carboxylic acids is 1. The second-order valence-corrected chi connectivity index (χ2v) is 6.74. The molecule has 102 valence electrons. The van der Waals surface area contributed by atoms with Gasteiger partial charge in [0.15, 0.2) is 0 Å². The highest BCUT2D eigenvalue weighted by molar-refractivity contribution is 9.10. The quantitative estimate of drug-likeness (QED) is 0.825. The van der Waals surface area contributed by atoms with E-state index >= 15 is 0 Å². The Labute approximate surface area is 125 Å². The zero-order valence-corrected chi connectivity index (χ0v) is 13.4. The third-order valence-electron chi connectivity index (χ3n) is 3.64. The summed E-state index contributed by atoms with van der Waals surface area (Å²) in [5.41, 5.74) is 2.03. The van der Waals surface area contributed by atoms with Crippen LogP contribution >= 0.6 is 27.3 Å². The molecule has 0 bridgehead atoms. The summed E-state index contributed by atoms with van der Waals surface area (Å²) < 4.78 is 4.47. The summed E-state index contributed by atoms with van der Waals surface area (Å²) in [6.45, 7) is 4.86. The Bertz CT molecular complexity index is 610. The van der Waals surface area contributed by atoms with E-state index in [4.69, 9.17) is 0 Å². The lowest BCUT2D eigenvalue weighted by Gasteiger charge is -2.17. The first-order valence-corrected chi connectivity index (χ1v) is 8.45. The van der Waals surface area contributed by atoms with Crippen molar-refractivity contribution in [2.75, 3.05) is 13.1 Å². The number of aromatic nitrogens is 1. The average molecular weight is 341 g/mol. The number of fused-ring (bicyclic) bond motifs is 1. The first-order chi connectivity index (χ1) is 9.22. The molecule has 2 aromatic rings. The maximum Gasteiger partial charge on any atom is 0.270 e. The van der Waals surface area contributed by atoms with Crippen molar-refractivity contribution in [1.82, 2.24) is 9.47 Å². The number of nitrogens with zero attached hydrogens (tertiary/aromatic N) is 2. The van der Waals surface area contributed by atoms with E-state index in [1.165, 1.54) is 10.2 Å². The smallest absolute Gasteiger partial charge is 0.270 e. The Morgan fingerprint density at radius 1 is 1.42 bits per heavy atom. The number of thiophene rings is 1. The van der Waals surface area contributed by atoms with Crippen LogP contribution in [0.4, 0.5) is 0 Å². The summed E-state index contributed by atoms with van der Waals surface area (Å²) in [7, 11) is 0. The third-order valence-corrected chi connectivity index (χ3v) is 5.46. The van der Waals surface area contributed by atoms with Crippen LogP contribution < -0.4 is 0 Å². The number of hydrogen-bond acceptors (Lipinski definition) is 2. The molecule has 0 radical (unpaired) electrons. The fourth-order valence-electron chi connectivity index (χ4n) is 2.75. The Hall–Kier alpha value is -0.810. The molecule has 5 heteroatoms. The van der Waals surface area contributed by atoms with Crippen molar-refractivity contribution in [2.24, 2.45) is 0 Å². The van der Waals surface area contributed by atoms with E-state index in [2.05, 4.69) is 38.9 Å². The van der Waals surface area contributed by atoms with Crippen LogP contribution in [0.5, 0.6) is 0 Å². The van der Waals surface area contributed by atoms with Crippen LogP contribution in [0.25, 0.3) is 10.2 Å². The molecular formula is C14H17BrN2OS. The maximum absolute atomic E-state index is 12.6. The number of aryl methyl sites for hydroxylation is 1. The zero-order valence-electron chi connectivity index (χ0n) is 11.0. The van der Waals surface area contributed by atoms with Gasteiger partial charge in [0.05, 0.1) is 14.7 Å². The van der Waals surface area contributed by atoms with Crippen molar-refractivity contribution in [2.45, 2.75) is 32.7 Å². The average Bonchev–Trinajstić information content (AvgIpc) is 3.09. The summed E-state index contributed by atoms with van der Waals surface area (Å²) in [6, 6.07) is 2.06. The van der Waals surface area contributed by atoms with Gasteiger partial charge in [-0.15, -0.1) is 11.3 Å².